The zero-order valence-electron chi connectivity index (χ0n) is 12.3. The molecule has 2 aliphatic heterocycles. The monoisotopic (exact) mass is 313 g/mol. The molecule has 2 aromatic rings. The first kappa shape index (κ1) is 13.2. The third-order valence-corrected chi connectivity index (χ3v) is 4.47. The van der Waals surface area contributed by atoms with Crippen LogP contribution in [0.1, 0.15) is 17.3 Å². The van der Waals surface area contributed by atoms with Gasteiger partial charge in [-0.3, -0.25) is 9.67 Å². The molecule has 2 aromatic heterocycles. The fourth-order valence-corrected chi connectivity index (χ4v) is 3.27. The van der Waals surface area contributed by atoms with Crippen molar-refractivity contribution in [2.24, 2.45) is 17.0 Å². The largest absolute Gasteiger partial charge is 0.319 e. The van der Waals surface area contributed by atoms with Gasteiger partial charge in [0.05, 0.1) is 24.5 Å². The molecule has 1 atom stereocenters. The molecule has 0 amide bonds. The topological polar surface area (TPSA) is 70.7 Å². The van der Waals surface area contributed by atoms with Crippen molar-refractivity contribution in [1.29, 1.82) is 0 Å². The number of nitrogens with zero attached hydrogens (tertiary/aromatic N) is 6. The normalized spacial score (nSPS) is 19.9. The third-order valence-electron chi connectivity index (χ3n) is 3.59. The van der Waals surface area contributed by atoms with E-state index in [1.165, 1.54) is 0 Å². The SMILES string of the molecule is Cc1csc(NC2=NC=CN3C2=NCC3c2cnn(C)c2)n1. The van der Waals surface area contributed by atoms with E-state index in [1.54, 1.807) is 17.5 Å². The van der Waals surface area contributed by atoms with Crippen LogP contribution in [0.25, 0.3) is 0 Å². The Hall–Kier alpha value is -2.48. The quantitative estimate of drug-likeness (QED) is 0.920. The van der Waals surface area contributed by atoms with Crippen LogP contribution in [-0.4, -0.2) is 37.9 Å². The second-order valence-corrected chi connectivity index (χ2v) is 6.09. The van der Waals surface area contributed by atoms with Crippen molar-refractivity contribution in [3.63, 3.8) is 0 Å². The van der Waals surface area contributed by atoms with E-state index in [0.29, 0.717) is 6.54 Å². The summed E-state index contributed by atoms with van der Waals surface area (Å²) in [7, 11) is 1.92. The van der Waals surface area contributed by atoms with Crippen molar-refractivity contribution in [2.75, 3.05) is 11.9 Å². The molecule has 0 aromatic carbocycles. The first-order valence-corrected chi connectivity index (χ1v) is 7.84. The Balaban J connectivity index is 1.57. The van der Waals surface area contributed by atoms with Gasteiger partial charge in [0.2, 0.25) is 0 Å². The molecule has 0 saturated heterocycles. The Morgan fingerprint density at radius 3 is 3.05 bits per heavy atom. The molecule has 0 bridgehead atoms. The van der Waals surface area contributed by atoms with Crippen LogP contribution >= 0.6 is 11.3 Å². The smallest absolute Gasteiger partial charge is 0.188 e. The van der Waals surface area contributed by atoms with Gasteiger partial charge < -0.3 is 10.2 Å². The van der Waals surface area contributed by atoms with Gasteiger partial charge in [0.1, 0.15) is 0 Å². The van der Waals surface area contributed by atoms with Crippen LogP contribution in [-0.2, 0) is 7.05 Å². The minimum absolute atomic E-state index is 0.172. The van der Waals surface area contributed by atoms with Crippen LogP contribution in [0.2, 0.25) is 0 Å². The zero-order valence-corrected chi connectivity index (χ0v) is 13.1. The van der Waals surface area contributed by atoms with Crippen LogP contribution in [0.4, 0.5) is 5.13 Å². The van der Waals surface area contributed by atoms with Crippen molar-refractivity contribution in [3.05, 3.63) is 41.4 Å². The van der Waals surface area contributed by atoms with Gasteiger partial charge in [-0.25, -0.2) is 9.98 Å². The van der Waals surface area contributed by atoms with Gasteiger partial charge in [-0.15, -0.1) is 11.3 Å². The molecule has 4 rings (SSSR count). The number of rotatable bonds is 2. The number of anilines is 1. The van der Waals surface area contributed by atoms with Crippen LogP contribution in [0.3, 0.4) is 0 Å². The summed E-state index contributed by atoms with van der Waals surface area (Å²) in [6.45, 7) is 2.67. The van der Waals surface area contributed by atoms with E-state index in [-0.39, 0.29) is 6.04 Å². The number of amidine groups is 2. The molecule has 0 saturated carbocycles. The van der Waals surface area contributed by atoms with Crippen molar-refractivity contribution >= 4 is 28.1 Å². The molecule has 0 aliphatic carbocycles. The number of aromatic nitrogens is 3. The lowest BCUT2D eigenvalue weighted by Crippen LogP contribution is -2.37. The Morgan fingerprint density at radius 1 is 1.41 bits per heavy atom. The lowest BCUT2D eigenvalue weighted by molar-refractivity contribution is 0.458. The highest BCUT2D eigenvalue weighted by Gasteiger charge is 2.32. The molecule has 4 heterocycles. The standard InChI is InChI=1S/C14H15N7S/c1-9-8-22-14(18-9)19-12-13-16-6-11(21(13)4-3-15-12)10-5-17-20(2)7-10/h3-5,7-8,11H,6H2,1-2H3,(H,15,18,19). The Bertz CT molecular complexity index is 798. The van der Waals surface area contributed by atoms with E-state index >= 15 is 0 Å². The van der Waals surface area contributed by atoms with E-state index in [9.17, 15) is 0 Å². The highest BCUT2D eigenvalue weighted by molar-refractivity contribution is 7.14. The lowest BCUT2D eigenvalue weighted by Gasteiger charge is -2.25. The third kappa shape index (κ3) is 2.21. The van der Waals surface area contributed by atoms with E-state index in [1.807, 2.05) is 42.6 Å². The van der Waals surface area contributed by atoms with Gasteiger partial charge in [0.15, 0.2) is 16.8 Å². The van der Waals surface area contributed by atoms with Crippen LogP contribution in [0.5, 0.6) is 0 Å². The summed E-state index contributed by atoms with van der Waals surface area (Å²) in [5.41, 5.74) is 2.15. The molecule has 0 spiro atoms. The summed E-state index contributed by atoms with van der Waals surface area (Å²) < 4.78 is 1.81. The summed E-state index contributed by atoms with van der Waals surface area (Å²) in [6.07, 6.45) is 7.66. The second kappa shape index (κ2) is 5.06. The number of hydrogen-bond donors (Lipinski definition) is 1. The molecular formula is C14H15N7S. The van der Waals surface area contributed by atoms with Gasteiger partial charge in [-0.2, -0.15) is 5.10 Å². The Labute approximate surface area is 131 Å². The van der Waals surface area contributed by atoms with E-state index in [0.717, 1.165) is 28.1 Å². The first-order valence-electron chi connectivity index (χ1n) is 6.96. The van der Waals surface area contributed by atoms with Gasteiger partial charge in [0.25, 0.3) is 0 Å². The van der Waals surface area contributed by atoms with Crippen LogP contribution in [0.15, 0.2) is 40.2 Å². The van der Waals surface area contributed by atoms with Crippen molar-refractivity contribution in [3.8, 4) is 0 Å². The fourth-order valence-electron chi connectivity index (χ4n) is 2.58. The minimum atomic E-state index is 0.172. The molecule has 1 N–H and O–H groups in total. The maximum Gasteiger partial charge on any atom is 0.188 e. The maximum atomic E-state index is 4.65. The number of fused-ring (bicyclic) bond motifs is 1. The van der Waals surface area contributed by atoms with Crippen molar-refractivity contribution < 1.29 is 0 Å². The van der Waals surface area contributed by atoms with Crippen molar-refractivity contribution in [1.82, 2.24) is 19.7 Å². The van der Waals surface area contributed by atoms with Gasteiger partial charge in [-0.05, 0) is 6.92 Å². The van der Waals surface area contributed by atoms with Crippen LogP contribution < -0.4 is 5.32 Å². The summed E-state index contributed by atoms with van der Waals surface area (Å²) in [4.78, 5) is 15.6. The van der Waals surface area contributed by atoms with Crippen molar-refractivity contribution in [2.45, 2.75) is 13.0 Å². The Morgan fingerprint density at radius 2 is 2.32 bits per heavy atom. The predicted molar refractivity (Wildman–Crippen MR) is 87.1 cm³/mol. The number of hydrogen-bond acceptors (Lipinski definition) is 7. The molecule has 2 aliphatic rings. The average molecular weight is 313 g/mol. The summed E-state index contributed by atoms with van der Waals surface area (Å²) in [6, 6.07) is 0.172. The lowest BCUT2D eigenvalue weighted by atomic mass is 10.1. The molecule has 8 heteroatoms. The molecule has 7 nitrogen and oxygen atoms in total. The predicted octanol–water partition coefficient (Wildman–Crippen LogP) is 1.94. The first-order chi connectivity index (χ1) is 10.7. The second-order valence-electron chi connectivity index (χ2n) is 5.23. The average Bonchev–Trinajstić information content (AvgIpc) is 3.19. The summed E-state index contributed by atoms with van der Waals surface area (Å²) in [5.74, 6) is 1.59. The number of nitrogens with one attached hydrogen (secondary N) is 1. The number of aryl methyl sites for hydroxylation is 2. The highest BCUT2D eigenvalue weighted by Crippen LogP contribution is 2.29. The molecule has 22 heavy (non-hydrogen) atoms. The number of aliphatic imine (C=N–C) groups is 2. The van der Waals surface area contributed by atoms with Gasteiger partial charge in [0, 0.05) is 36.6 Å². The maximum absolute atomic E-state index is 4.65. The van der Waals surface area contributed by atoms with E-state index < -0.39 is 0 Å². The zero-order chi connectivity index (χ0) is 15.1. The van der Waals surface area contributed by atoms with E-state index in [2.05, 4.69) is 30.3 Å². The highest BCUT2D eigenvalue weighted by atomic mass is 32.1. The minimum Gasteiger partial charge on any atom is -0.319 e. The summed E-state index contributed by atoms with van der Waals surface area (Å²) in [5, 5.41) is 10.4. The van der Waals surface area contributed by atoms with E-state index in [4.69, 9.17) is 0 Å². The molecule has 0 radical (unpaired) electrons. The van der Waals surface area contributed by atoms with Gasteiger partial charge >= 0.3 is 0 Å². The molecule has 112 valence electrons. The molecule has 0 fully saturated rings. The van der Waals surface area contributed by atoms with Crippen LogP contribution in [0, 0.1) is 6.92 Å². The van der Waals surface area contributed by atoms with Gasteiger partial charge in [-0.1, -0.05) is 0 Å². The summed E-state index contributed by atoms with van der Waals surface area (Å²) >= 11 is 1.56. The Kier molecular flexibility index (Phi) is 3.04. The number of thiazole rings is 1. The molecule has 1 unspecified atom stereocenters. The molecular weight excluding hydrogens is 298 g/mol. The fraction of sp³-hybridized carbons (Fsp3) is 0.286.